The molecule has 0 bridgehead atoms. The van der Waals surface area contributed by atoms with Crippen molar-refractivity contribution in [2.45, 2.75) is 25.9 Å². The summed E-state index contributed by atoms with van der Waals surface area (Å²) in [5.41, 5.74) is 3.41. The number of methoxy groups -OCH3 is 1. The minimum atomic E-state index is -0.209. The van der Waals surface area contributed by atoms with Gasteiger partial charge in [0.25, 0.3) is 0 Å². The van der Waals surface area contributed by atoms with Gasteiger partial charge in [-0.1, -0.05) is 24.3 Å². The van der Waals surface area contributed by atoms with Gasteiger partial charge in [0.2, 0.25) is 0 Å². The van der Waals surface area contributed by atoms with E-state index in [4.69, 9.17) is 4.74 Å². The monoisotopic (exact) mass is 286 g/mol. The molecule has 21 heavy (non-hydrogen) atoms. The van der Waals surface area contributed by atoms with Crippen molar-refractivity contribution in [2.24, 2.45) is 0 Å². The van der Waals surface area contributed by atoms with Crippen LogP contribution in [0.2, 0.25) is 0 Å². The van der Waals surface area contributed by atoms with Crippen LogP contribution in [0.1, 0.15) is 29.7 Å². The molecule has 2 rings (SSSR count). The fourth-order valence-corrected chi connectivity index (χ4v) is 2.29. The first kappa shape index (κ1) is 15.3. The summed E-state index contributed by atoms with van der Waals surface area (Å²) in [6.07, 6.45) is 4.52. The van der Waals surface area contributed by atoms with E-state index in [-0.39, 0.29) is 5.97 Å². The zero-order chi connectivity index (χ0) is 15.2. The fraction of sp³-hybridized carbons (Fsp3) is 0.353. The van der Waals surface area contributed by atoms with Gasteiger partial charge in [-0.25, -0.2) is 0 Å². The first-order chi connectivity index (χ1) is 10.1. The van der Waals surface area contributed by atoms with Gasteiger partial charge in [-0.2, -0.15) is 0 Å². The number of carbonyl (C=O) groups excluding carboxylic acids is 1. The molecule has 4 nitrogen and oxygen atoms in total. The average Bonchev–Trinajstić information content (AvgIpc) is 2.97. The molecule has 0 fully saturated rings. The van der Waals surface area contributed by atoms with Crippen LogP contribution in [-0.2, 0) is 22.5 Å². The highest BCUT2D eigenvalue weighted by atomic mass is 16.5. The van der Waals surface area contributed by atoms with Gasteiger partial charge in [-0.15, -0.1) is 0 Å². The Balaban J connectivity index is 2.15. The van der Waals surface area contributed by atoms with Crippen molar-refractivity contribution >= 4 is 5.97 Å². The first-order valence-electron chi connectivity index (χ1n) is 7.10. The van der Waals surface area contributed by atoms with Crippen molar-refractivity contribution in [1.82, 2.24) is 9.88 Å². The highest BCUT2D eigenvalue weighted by Crippen LogP contribution is 2.16. The smallest absolute Gasteiger partial charge is 0.309 e. The molecule has 1 unspecified atom stereocenters. The van der Waals surface area contributed by atoms with E-state index in [1.54, 1.807) is 0 Å². The molecule has 0 radical (unpaired) electrons. The lowest BCUT2D eigenvalue weighted by Crippen LogP contribution is -2.11. The van der Waals surface area contributed by atoms with Crippen LogP contribution < -0.4 is 5.32 Å². The second-order valence-corrected chi connectivity index (χ2v) is 5.15. The van der Waals surface area contributed by atoms with E-state index >= 15 is 0 Å². The van der Waals surface area contributed by atoms with E-state index in [0.717, 1.165) is 17.7 Å². The molecule has 1 heterocycles. The predicted octanol–water partition coefficient (Wildman–Crippen LogP) is 2.53. The number of rotatable bonds is 6. The van der Waals surface area contributed by atoms with Crippen LogP contribution in [0.15, 0.2) is 42.7 Å². The number of ether oxygens (including phenoxy) is 1. The first-order valence-corrected chi connectivity index (χ1v) is 7.10. The van der Waals surface area contributed by atoms with E-state index in [9.17, 15) is 4.79 Å². The Labute approximate surface area is 125 Å². The quantitative estimate of drug-likeness (QED) is 0.830. The molecule has 0 amide bonds. The van der Waals surface area contributed by atoms with Crippen LogP contribution >= 0.6 is 0 Å². The predicted molar refractivity (Wildman–Crippen MR) is 83.2 cm³/mol. The number of hydrogen-bond acceptors (Lipinski definition) is 3. The number of carbonyl (C=O) groups is 1. The lowest BCUT2D eigenvalue weighted by molar-refractivity contribution is -0.139. The van der Waals surface area contributed by atoms with Gasteiger partial charge in [-0.05, 0) is 36.7 Å². The van der Waals surface area contributed by atoms with Gasteiger partial charge in [0, 0.05) is 25.0 Å². The van der Waals surface area contributed by atoms with Crippen molar-refractivity contribution in [3.63, 3.8) is 0 Å². The van der Waals surface area contributed by atoms with Crippen molar-refractivity contribution in [1.29, 1.82) is 0 Å². The summed E-state index contributed by atoms with van der Waals surface area (Å²) < 4.78 is 6.89. The van der Waals surface area contributed by atoms with Crippen LogP contribution in [0.5, 0.6) is 0 Å². The third-order valence-corrected chi connectivity index (χ3v) is 3.74. The molecule has 0 aliphatic heterocycles. The molecule has 1 atom stereocenters. The van der Waals surface area contributed by atoms with Crippen LogP contribution in [0.3, 0.4) is 0 Å². The molecule has 2 aromatic rings. The molecule has 0 aliphatic rings. The SMILES string of the molecule is CNC(C)c1ccn(Cc2ccccc2CC(=O)OC)c1. The molecule has 0 spiro atoms. The zero-order valence-electron chi connectivity index (χ0n) is 12.8. The summed E-state index contributed by atoms with van der Waals surface area (Å²) in [5, 5.41) is 3.23. The Bertz CT molecular complexity index is 604. The van der Waals surface area contributed by atoms with E-state index < -0.39 is 0 Å². The van der Waals surface area contributed by atoms with Gasteiger partial charge in [-0.3, -0.25) is 4.79 Å². The Kier molecular flexibility index (Phi) is 5.17. The Morgan fingerprint density at radius 1 is 1.29 bits per heavy atom. The molecule has 4 heteroatoms. The number of esters is 1. The van der Waals surface area contributed by atoms with Gasteiger partial charge < -0.3 is 14.6 Å². The van der Waals surface area contributed by atoms with Crippen molar-refractivity contribution in [3.05, 3.63) is 59.4 Å². The molecule has 112 valence electrons. The number of hydrogen-bond donors (Lipinski definition) is 1. The summed E-state index contributed by atoms with van der Waals surface area (Å²) in [6, 6.07) is 10.4. The minimum absolute atomic E-state index is 0.209. The van der Waals surface area contributed by atoms with Crippen LogP contribution in [0.25, 0.3) is 0 Å². The summed E-state index contributed by atoms with van der Waals surface area (Å²) in [6.45, 7) is 2.88. The molecule has 0 saturated heterocycles. The molecule has 1 N–H and O–H groups in total. The number of nitrogens with zero attached hydrogens (tertiary/aromatic N) is 1. The molecular weight excluding hydrogens is 264 g/mol. The molecule has 1 aromatic carbocycles. The maximum absolute atomic E-state index is 11.5. The van der Waals surface area contributed by atoms with Crippen LogP contribution in [-0.4, -0.2) is 24.7 Å². The van der Waals surface area contributed by atoms with Gasteiger partial charge in [0.15, 0.2) is 0 Å². The molecule has 0 aliphatic carbocycles. The standard InChI is InChI=1S/C17H22N2O2/c1-13(18-2)15-8-9-19(11-15)12-16-7-5-4-6-14(16)10-17(20)21-3/h4-9,11,13,18H,10,12H2,1-3H3. The largest absolute Gasteiger partial charge is 0.469 e. The molecule has 1 aromatic heterocycles. The summed E-state index contributed by atoms with van der Waals surface area (Å²) in [5.74, 6) is -0.209. The third-order valence-electron chi connectivity index (χ3n) is 3.74. The van der Waals surface area contributed by atoms with Gasteiger partial charge in [0.05, 0.1) is 13.5 Å². The summed E-state index contributed by atoms with van der Waals surface area (Å²) >= 11 is 0. The number of aromatic nitrogens is 1. The Morgan fingerprint density at radius 2 is 2.00 bits per heavy atom. The van der Waals surface area contributed by atoms with E-state index in [1.807, 2.05) is 25.2 Å². The number of benzene rings is 1. The third kappa shape index (κ3) is 3.95. The zero-order valence-corrected chi connectivity index (χ0v) is 12.8. The van der Waals surface area contributed by atoms with E-state index in [0.29, 0.717) is 12.5 Å². The highest BCUT2D eigenvalue weighted by Gasteiger charge is 2.09. The minimum Gasteiger partial charge on any atom is -0.469 e. The fourth-order valence-electron chi connectivity index (χ4n) is 2.29. The Morgan fingerprint density at radius 3 is 2.67 bits per heavy atom. The lowest BCUT2D eigenvalue weighted by atomic mass is 10.0. The number of nitrogens with one attached hydrogen (secondary N) is 1. The van der Waals surface area contributed by atoms with Crippen molar-refractivity contribution in [2.75, 3.05) is 14.2 Å². The van der Waals surface area contributed by atoms with Gasteiger partial charge in [0.1, 0.15) is 0 Å². The molecule has 0 saturated carbocycles. The van der Waals surface area contributed by atoms with E-state index in [2.05, 4.69) is 41.3 Å². The van der Waals surface area contributed by atoms with Crippen LogP contribution in [0, 0.1) is 0 Å². The topological polar surface area (TPSA) is 43.3 Å². The highest BCUT2D eigenvalue weighted by molar-refractivity contribution is 5.72. The van der Waals surface area contributed by atoms with Crippen LogP contribution in [0.4, 0.5) is 0 Å². The Hall–Kier alpha value is -2.07. The maximum atomic E-state index is 11.5. The maximum Gasteiger partial charge on any atom is 0.309 e. The second-order valence-electron chi connectivity index (χ2n) is 5.15. The lowest BCUT2D eigenvalue weighted by Gasteiger charge is -2.10. The average molecular weight is 286 g/mol. The second kappa shape index (κ2) is 7.09. The normalized spacial score (nSPS) is 12.1. The van der Waals surface area contributed by atoms with Crippen molar-refractivity contribution < 1.29 is 9.53 Å². The van der Waals surface area contributed by atoms with E-state index in [1.165, 1.54) is 12.7 Å². The molecular formula is C17H22N2O2. The van der Waals surface area contributed by atoms with Crippen molar-refractivity contribution in [3.8, 4) is 0 Å². The van der Waals surface area contributed by atoms with Gasteiger partial charge >= 0.3 is 5.97 Å². The summed E-state index contributed by atoms with van der Waals surface area (Å²) in [4.78, 5) is 11.5. The summed E-state index contributed by atoms with van der Waals surface area (Å²) in [7, 11) is 3.37.